The number of rotatable bonds is 16. The van der Waals surface area contributed by atoms with Crippen LogP contribution in [0.15, 0.2) is 0 Å². The standard InChI is InChI=1S/C19H32N6O9/c1-8(2)15(18(32)23-10(19(33)34)4-5-12(21)26)25-17(31)11(7-13(22)27)24-16(30)9(20)3-6-14(28)29/h8-11,15H,3-7,20H2,1-2H3,(H2,21,26)(H2,22,27)(H,23,32)(H,24,30)(H,25,31)(H,28,29)(H,33,34). The molecule has 0 saturated heterocycles. The second-order valence-electron chi connectivity index (χ2n) is 7.91. The van der Waals surface area contributed by atoms with Crippen LogP contribution in [-0.4, -0.2) is 75.9 Å². The average Bonchev–Trinajstić information content (AvgIpc) is 2.71. The lowest BCUT2D eigenvalue weighted by atomic mass is 10.0. The minimum atomic E-state index is -1.53. The van der Waals surface area contributed by atoms with E-state index in [9.17, 15) is 38.7 Å². The smallest absolute Gasteiger partial charge is 0.326 e. The zero-order chi connectivity index (χ0) is 26.6. The third-order valence-electron chi connectivity index (χ3n) is 4.59. The number of carboxylic acids is 2. The first-order valence-electron chi connectivity index (χ1n) is 10.3. The fourth-order valence-electron chi connectivity index (χ4n) is 2.69. The Morgan fingerprint density at radius 3 is 1.74 bits per heavy atom. The molecule has 0 spiro atoms. The van der Waals surface area contributed by atoms with Gasteiger partial charge in [-0.05, 0) is 18.8 Å². The SMILES string of the molecule is CC(C)C(NC(=O)C(CC(N)=O)NC(=O)C(N)CCC(=O)O)C(=O)NC(CCC(N)=O)C(=O)O. The number of nitrogens with one attached hydrogen (secondary N) is 3. The molecule has 11 N–H and O–H groups in total. The van der Waals surface area contributed by atoms with Gasteiger partial charge in [0.05, 0.1) is 12.5 Å². The minimum Gasteiger partial charge on any atom is -0.481 e. The van der Waals surface area contributed by atoms with Gasteiger partial charge in [0.15, 0.2) is 0 Å². The van der Waals surface area contributed by atoms with E-state index in [0.29, 0.717) is 0 Å². The zero-order valence-corrected chi connectivity index (χ0v) is 18.9. The largest absolute Gasteiger partial charge is 0.481 e. The van der Waals surface area contributed by atoms with Gasteiger partial charge in [-0.15, -0.1) is 0 Å². The summed E-state index contributed by atoms with van der Waals surface area (Å²) in [5, 5.41) is 24.7. The lowest BCUT2D eigenvalue weighted by molar-refractivity contribution is -0.143. The van der Waals surface area contributed by atoms with Gasteiger partial charge in [0.25, 0.3) is 0 Å². The Morgan fingerprint density at radius 1 is 0.735 bits per heavy atom. The van der Waals surface area contributed by atoms with Gasteiger partial charge in [-0.2, -0.15) is 0 Å². The first kappa shape index (κ1) is 30.2. The van der Waals surface area contributed by atoms with Crippen molar-refractivity contribution in [2.24, 2.45) is 23.1 Å². The number of nitrogens with two attached hydrogens (primary N) is 3. The van der Waals surface area contributed by atoms with E-state index in [1.165, 1.54) is 0 Å². The van der Waals surface area contributed by atoms with E-state index < -0.39 is 84.4 Å². The van der Waals surface area contributed by atoms with Gasteiger partial charge in [0, 0.05) is 12.8 Å². The van der Waals surface area contributed by atoms with Crippen molar-refractivity contribution in [3.05, 3.63) is 0 Å². The quantitative estimate of drug-likeness (QED) is 0.106. The van der Waals surface area contributed by atoms with Gasteiger partial charge >= 0.3 is 11.9 Å². The van der Waals surface area contributed by atoms with E-state index in [1.54, 1.807) is 13.8 Å². The summed E-state index contributed by atoms with van der Waals surface area (Å²) in [5.41, 5.74) is 15.7. The van der Waals surface area contributed by atoms with Crippen LogP contribution in [0.4, 0.5) is 0 Å². The van der Waals surface area contributed by atoms with E-state index in [0.717, 1.165) is 0 Å². The minimum absolute atomic E-state index is 0.231. The van der Waals surface area contributed by atoms with Gasteiger partial charge < -0.3 is 43.4 Å². The number of hydrogen-bond donors (Lipinski definition) is 8. The Bertz CT molecular complexity index is 801. The molecule has 0 aromatic carbocycles. The van der Waals surface area contributed by atoms with E-state index in [2.05, 4.69) is 16.0 Å². The van der Waals surface area contributed by atoms with Crippen molar-refractivity contribution in [3.8, 4) is 0 Å². The Hall–Kier alpha value is -3.75. The van der Waals surface area contributed by atoms with Crippen molar-refractivity contribution < 1.29 is 43.8 Å². The average molecular weight is 488 g/mol. The second kappa shape index (κ2) is 14.4. The third kappa shape index (κ3) is 11.8. The summed E-state index contributed by atoms with van der Waals surface area (Å²) in [6, 6.07) is -5.55. The molecule has 5 amide bonds. The van der Waals surface area contributed by atoms with Gasteiger partial charge in [0.1, 0.15) is 18.1 Å². The molecular weight excluding hydrogens is 456 g/mol. The fraction of sp³-hybridized carbons (Fsp3) is 0.632. The van der Waals surface area contributed by atoms with Crippen molar-refractivity contribution in [2.75, 3.05) is 0 Å². The van der Waals surface area contributed by atoms with Crippen molar-refractivity contribution in [3.63, 3.8) is 0 Å². The highest BCUT2D eigenvalue weighted by atomic mass is 16.4. The molecule has 0 aliphatic rings. The molecule has 0 saturated carbocycles. The van der Waals surface area contributed by atoms with Crippen LogP contribution in [0.1, 0.15) is 46.0 Å². The summed E-state index contributed by atoms with van der Waals surface area (Å²) in [4.78, 5) is 81.9. The highest BCUT2D eigenvalue weighted by Crippen LogP contribution is 2.07. The molecule has 4 atom stereocenters. The molecule has 0 radical (unpaired) electrons. The molecule has 4 unspecified atom stereocenters. The van der Waals surface area contributed by atoms with Crippen molar-refractivity contribution in [2.45, 2.75) is 70.1 Å². The maximum Gasteiger partial charge on any atom is 0.326 e. The molecule has 0 fully saturated rings. The number of primary amides is 2. The van der Waals surface area contributed by atoms with E-state index >= 15 is 0 Å². The van der Waals surface area contributed by atoms with Crippen LogP contribution in [-0.2, 0) is 33.6 Å². The number of hydrogen-bond acceptors (Lipinski definition) is 8. The molecule has 0 aliphatic carbocycles. The van der Waals surface area contributed by atoms with Crippen LogP contribution in [0.2, 0.25) is 0 Å². The Morgan fingerprint density at radius 2 is 1.29 bits per heavy atom. The molecule has 0 rings (SSSR count). The second-order valence-corrected chi connectivity index (χ2v) is 7.91. The van der Waals surface area contributed by atoms with Crippen LogP contribution >= 0.6 is 0 Å². The predicted molar refractivity (Wildman–Crippen MR) is 115 cm³/mol. The van der Waals surface area contributed by atoms with Gasteiger partial charge in [0.2, 0.25) is 29.5 Å². The number of amides is 5. The molecular formula is C19H32N6O9. The maximum atomic E-state index is 12.7. The van der Waals surface area contributed by atoms with Crippen LogP contribution in [0.3, 0.4) is 0 Å². The highest BCUT2D eigenvalue weighted by molar-refractivity contribution is 5.96. The van der Waals surface area contributed by atoms with E-state index in [1.807, 2.05) is 0 Å². The predicted octanol–water partition coefficient (Wildman–Crippen LogP) is -3.49. The molecule has 0 heterocycles. The molecule has 0 aliphatic heterocycles. The summed E-state index contributed by atoms with van der Waals surface area (Å²) in [5.74, 6) is -7.65. The van der Waals surface area contributed by atoms with Crippen molar-refractivity contribution >= 4 is 41.5 Å². The number of carbonyl (C=O) groups excluding carboxylic acids is 5. The first-order valence-corrected chi connectivity index (χ1v) is 10.3. The molecule has 0 aromatic rings. The maximum absolute atomic E-state index is 12.7. The van der Waals surface area contributed by atoms with Gasteiger partial charge in [-0.3, -0.25) is 28.8 Å². The normalized spacial score (nSPS) is 14.2. The summed E-state index contributed by atoms with van der Waals surface area (Å²) in [7, 11) is 0. The zero-order valence-electron chi connectivity index (χ0n) is 18.9. The van der Waals surface area contributed by atoms with Crippen LogP contribution in [0.25, 0.3) is 0 Å². The number of aliphatic carboxylic acids is 2. The van der Waals surface area contributed by atoms with Gasteiger partial charge in [-0.25, -0.2) is 4.79 Å². The van der Waals surface area contributed by atoms with Crippen molar-refractivity contribution in [1.29, 1.82) is 0 Å². The summed E-state index contributed by atoms with van der Waals surface area (Å²) in [6.45, 7) is 3.10. The summed E-state index contributed by atoms with van der Waals surface area (Å²) < 4.78 is 0. The van der Waals surface area contributed by atoms with Crippen molar-refractivity contribution in [1.82, 2.24) is 16.0 Å². The highest BCUT2D eigenvalue weighted by Gasteiger charge is 2.32. The van der Waals surface area contributed by atoms with E-state index in [-0.39, 0.29) is 19.3 Å². The van der Waals surface area contributed by atoms with Crippen LogP contribution in [0, 0.1) is 5.92 Å². The fourth-order valence-corrected chi connectivity index (χ4v) is 2.69. The summed E-state index contributed by atoms with van der Waals surface area (Å²) >= 11 is 0. The van der Waals surface area contributed by atoms with Gasteiger partial charge in [-0.1, -0.05) is 13.8 Å². The molecule has 0 aromatic heterocycles. The lowest BCUT2D eigenvalue weighted by Gasteiger charge is -2.26. The van der Waals surface area contributed by atoms with Crippen LogP contribution < -0.4 is 33.2 Å². The number of carboxylic acid groups (broad SMARTS) is 2. The molecule has 15 nitrogen and oxygen atoms in total. The topological polar surface area (TPSA) is 274 Å². The van der Waals surface area contributed by atoms with Crippen LogP contribution in [0.5, 0.6) is 0 Å². The Kier molecular flexibility index (Phi) is 12.8. The molecule has 0 bridgehead atoms. The third-order valence-corrected chi connectivity index (χ3v) is 4.59. The lowest BCUT2D eigenvalue weighted by Crippen LogP contribution is -2.59. The summed E-state index contributed by atoms with van der Waals surface area (Å²) in [6.07, 6.45) is -1.86. The monoisotopic (exact) mass is 488 g/mol. The van der Waals surface area contributed by atoms with E-state index in [4.69, 9.17) is 22.3 Å². The number of carbonyl (C=O) groups is 7. The molecule has 192 valence electrons. The molecule has 34 heavy (non-hydrogen) atoms. The Balaban J connectivity index is 5.42. The molecule has 15 heteroatoms. The first-order chi connectivity index (χ1) is 15.6. The Labute approximate surface area is 195 Å².